The van der Waals surface area contributed by atoms with Crippen molar-refractivity contribution in [1.82, 2.24) is 4.98 Å². The molecule has 0 atom stereocenters. The molecule has 1 rings (SSSR count). The van der Waals surface area contributed by atoms with Crippen molar-refractivity contribution in [2.24, 2.45) is 5.73 Å². The molecule has 0 saturated carbocycles. The van der Waals surface area contributed by atoms with Crippen LogP contribution in [0.4, 0.5) is 0 Å². The van der Waals surface area contributed by atoms with Crippen LogP contribution in [0, 0.1) is 0 Å². The van der Waals surface area contributed by atoms with Crippen LogP contribution in [0.2, 0.25) is 5.02 Å². The minimum absolute atomic E-state index is 0.228. The zero-order valence-corrected chi connectivity index (χ0v) is 7.40. The first kappa shape index (κ1) is 9.29. The van der Waals surface area contributed by atoms with Crippen molar-refractivity contribution >= 4 is 11.6 Å². The van der Waals surface area contributed by atoms with Crippen LogP contribution in [0.5, 0.6) is 0 Å². The molecule has 3 nitrogen and oxygen atoms in total. The zero-order chi connectivity index (χ0) is 8.97. The van der Waals surface area contributed by atoms with Gasteiger partial charge in [-0.2, -0.15) is 0 Å². The molecule has 0 unspecified atom stereocenters. The van der Waals surface area contributed by atoms with Gasteiger partial charge in [-0.1, -0.05) is 11.6 Å². The Hall–Kier alpha value is -0.800. The number of hydrogen-bond donors (Lipinski definition) is 2. The Kier molecular flexibility index (Phi) is 3.31. The van der Waals surface area contributed by atoms with Crippen molar-refractivity contribution in [3.63, 3.8) is 0 Å². The van der Waals surface area contributed by atoms with Crippen molar-refractivity contribution in [2.45, 2.75) is 12.8 Å². The third kappa shape index (κ3) is 2.36. The zero-order valence-electron chi connectivity index (χ0n) is 6.64. The van der Waals surface area contributed by atoms with Gasteiger partial charge in [0.1, 0.15) is 5.02 Å². The average Bonchev–Trinajstić information content (AvgIpc) is 2.07. The number of hydrogen-bond acceptors (Lipinski definition) is 2. The number of pyridine rings is 1. The molecule has 66 valence electrons. The highest BCUT2D eigenvalue weighted by atomic mass is 35.5. The van der Waals surface area contributed by atoms with Gasteiger partial charge >= 0.3 is 0 Å². The van der Waals surface area contributed by atoms with Crippen LogP contribution in [0.3, 0.4) is 0 Å². The summed E-state index contributed by atoms with van der Waals surface area (Å²) < 4.78 is 0. The van der Waals surface area contributed by atoms with E-state index >= 15 is 0 Å². The summed E-state index contributed by atoms with van der Waals surface area (Å²) in [7, 11) is 0. The Balaban J connectivity index is 2.76. The van der Waals surface area contributed by atoms with E-state index in [1.807, 2.05) is 0 Å². The van der Waals surface area contributed by atoms with Crippen LogP contribution >= 0.6 is 11.6 Å². The van der Waals surface area contributed by atoms with E-state index < -0.39 is 0 Å². The summed E-state index contributed by atoms with van der Waals surface area (Å²) in [5, 5.41) is 0.228. The molecule has 0 aliphatic heterocycles. The molecule has 0 aliphatic carbocycles. The Morgan fingerprint density at radius 1 is 1.50 bits per heavy atom. The van der Waals surface area contributed by atoms with Gasteiger partial charge in [-0.3, -0.25) is 4.79 Å². The lowest BCUT2D eigenvalue weighted by Crippen LogP contribution is -2.10. The van der Waals surface area contributed by atoms with Crippen LogP contribution in [0.25, 0.3) is 0 Å². The molecule has 1 aromatic rings. The van der Waals surface area contributed by atoms with E-state index in [1.165, 1.54) is 0 Å². The number of aromatic amines is 1. The molecule has 0 amide bonds. The molecule has 1 heterocycles. The van der Waals surface area contributed by atoms with Crippen LogP contribution < -0.4 is 11.3 Å². The van der Waals surface area contributed by atoms with E-state index in [0.717, 1.165) is 18.5 Å². The number of aryl methyl sites for hydroxylation is 1. The maximum Gasteiger partial charge on any atom is 0.266 e. The summed E-state index contributed by atoms with van der Waals surface area (Å²) in [5.41, 5.74) is 5.98. The minimum atomic E-state index is -0.230. The van der Waals surface area contributed by atoms with Gasteiger partial charge in [0.05, 0.1) is 0 Å². The maximum absolute atomic E-state index is 11.0. The predicted octanol–water partition coefficient (Wildman–Crippen LogP) is 0.920. The van der Waals surface area contributed by atoms with E-state index in [2.05, 4.69) is 4.98 Å². The quantitative estimate of drug-likeness (QED) is 0.738. The summed E-state index contributed by atoms with van der Waals surface area (Å²) in [6.07, 6.45) is 1.67. The van der Waals surface area contributed by atoms with Gasteiger partial charge in [0, 0.05) is 5.69 Å². The molecular weight excluding hydrogens is 176 g/mol. The van der Waals surface area contributed by atoms with Gasteiger partial charge in [0.15, 0.2) is 0 Å². The lowest BCUT2D eigenvalue weighted by Gasteiger charge is -1.98. The first-order valence-corrected chi connectivity index (χ1v) is 4.19. The standard InChI is InChI=1S/C8H11ClN2O/c9-7-4-3-6(2-1-5-10)11-8(7)12/h3-4H,1-2,5,10H2,(H,11,12). The second-order valence-corrected chi connectivity index (χ2v) is 2.96. The van der Waals surface area contributed by atoms with E-state index in [0.29, 0.717) is 6.54 Å². The third-order valence-corrected chi connectivity index (χ3v) is 1.87. The lowest BCUT2D eigenvalue weighted by molar-refractivity contribution is 0.807. The van der Waals surface area contributed by atoms with E-state index in [9.17, 15) is 4.79 Å². The Morgan fingerprint density at radius 3 is 2.83 bits per heavy atom. The number of rotatable bonds is 3. The highest BCUT2D eigenvalue weighted by Gasteiger charge is 1.96. The van der Waals surface area contributed by atoms with Crippen molar-refractivity contribution in [2.75, 3.05) is 6.54 Å². The second kappa shape index (κ2) is 4.28. The molecule has 0 aliphatic rings. The number of nitrogens with one attached hydrogen (secondary N) is 1. The second-order valence-electron chi connectivity index (χ2n) is 2.55. The van der Waals surface area contributed by atoms with Crippen molar-refractivity contribution in [3.05, 3.63) is 33.2 Å². The summed E-state index contributed by atoms with van der Waals surface area (Å²) in [6, 6.07) is 3.41. The number of H-pyrrole nitrogens is 1. The topological polar surface area (TPSA) is 58.9 Å². The molecule has 0 aromatic carbocycles. The highest BCUT2D eigenvalue weighted by Crippen LogP contribution is 2.02. The van der Waals surface area contributed by atoms with Gasteiger partial charge in [-0.15, -0.1) is 0 Å². The number of aromatic nitrogens is 1. The van der Waals surface area contributed by atoms with Crippen molar-refractivity contribution < 1.29 is 0 Å². The van der Waals surface area contributed by atoms with Gasteiger partial charge in [0.2, 0.25) is 0 Å². The summed E-state index contributed by atoms with van der Waals surface area (Å²) >= 11 is 5.55. The first-order valence-electron chi connectivity index (χ1n) is 3.82. The summed E-state index contributed by atoms with van der Waals surface area (Å²) in [6.45, 7) is 0.630. The van der Waals surface area contributed by atoms with Gasteiger partial charge in [0.25, 0.3) is 5.56 Å². The molecule has 12 heavy (non-hydrogen) atoms. The fourth-order valence-corrected chi connectivity index (χ4v) is 1.05. The van der Waals surface area contributed by atoms with Crippen molar-refractivity contribution in [1.29, 1.82) is 0 Å². The average molecular weight is 187 g/mol. The molecule has 0 bridgehead atoms. The maximum atomic E-state index is 11.0. The van der Waals surface area contributed by atoms with Crippen LogP contribution in [0.15, 0.2) is 16.9 Å². The molecule has 0 spiro atoms. The van der Waals surface area contributed by atoms with Crippen molar-refractivity contribution in [3.8, 4) is 0 Å². The van der Waals surface area contributed by atoms with Crippen LogP contribution in [0.1, 0.15) is 12.1 Å². The molecule has 0 fully saturated rings. The monoisotopic (exact) mass is 186 g/mol. The Bertz CT molecular complexity index is 308. The summed E-state index contributed by atoms with van der Waals surface area (Å²) in [5.74, 6) is 0. The molecular formula is C8H11ClN2O. The van der Waals surface area contributed by atoms with Gasteiger partial charge in [-0.25, -0.2) is 0 Å². The molecule has 0 radical (unpaired) electrons. The van der Waals surface area contributed by atoms with Gasteiger partial charge in [-0.05, 0) is 31.5 Å². The summed E-state index contributed by atoms with van der Waals surface area (Å²) in [4.78, 5) is 13.7. The molecule has 0 saturated heterocycles. The van der Waals surface area contributed by atoms with Crippen LogP contribution in [-0.2, 0) is 6.42 Å². The minimum Gasteiger partial charge on any atom is -0.330 e. The van der Waals surface area contributed by atoms with E-state index in [1.54, 1.807) is 12.1 Å². The number of nitrogens with two attached hydrogens (primary N) is 1. The third-order valence-electron chi connectivity index (χ3n) is 1.57. The van der Waals surface area contributed by atoms with Crippen LogP contribution in [-0.4, -0.2) is 11.5 Å². The molecule has 4 heteroatoms. The van der Waals surface area contributed by atoms with Gasteiger partial charge < -0.3 is 10.7 Å². The lowest BCUT2D eigenvalue weighted by atomic mass is 10.2. The highest BCUT2D eigenvalue weighted by molar-refractivity contribution is 6.30. The predicted molar refractivity (Wildman–Crippen MR) is 49.4 cm³/mol. The Labute approximate surface area is 75.6 Å². The normalized spacial score (nSPS) is 10.2. The fraction of sp³-hybridized carbons (Fsp3) is 0.375. The SMILES string of the molecule is NCCCc1ccc(Cl)c(=O)[nH]1. The fourth-order valence-electron chi connectivity index (χ4n) is 0.935. The van der Waals surface area contributed by atoms with E-state index in [-0.39, 0.29) is 10.6 Å². The first-order chi connectivity index (χ1) is 5.74. The molecule has 3 N–H and O–H groups in total. The molecule has 1 aromatic heterocycles. The Morgan fingerprint density at radius 2 is 2.25 bits per heavy atom. The van der Waals surface area contributed by atoms with E-state index in [4.69, 9.17) is 17.3 Å². The smallest absolute Gasteiger partial charge is 0.266 e. The number of halogens is 1. The largest absolute Gasteiger partial charge is 0.330 e.